The van der Waals surface area contributed by atoms with Gasteiger partial charge in [0.25, 0.3) is 0 Å². The molecule has 0 aliphatic carbocycles. The van der Waals surface area contributed by atoms with Crippen LogP contribution < -0.4 is 10.6 Å². The lowest BCUT2D eigenvalue weighted by Gasteiger charge is -2.15. The molecule has 0 radical (unpaired) electrons. The van der Waals surface area contributed by atoms with Gasteiger partial charge in [0.15, 0.2) is 0 Å². The number of carbonyl (C=O) groups is 1. The monoisotopic (exact) mass is 237 g/mol. The predicted molar refractivity (Wildman–Crippen MR) is 68.8 cm³/mol. The molecule has 1 unspecified atom stereocenters. The van der Waals surface area contributed by atoms with Gasteiger partial charge in [0.2, 0.25) is 5.91 Å². The fraction of sp³-hybridized carbons (Fsp3) is 0.769. The van der Waals surface area contributed by atoms with Crippen LogP contribution in [0.15, 0.2) is 11.6 Å². The Labute approximate surface area is 103 Å². The number of carbonyl (C=O) groups excluding carboxylic acids is 1. The number of likely N-dealkylation sites (tertiary alicyclic amines) is 1. The molecule has 2 aliphatic rings. The average molecular weight is 237 g/mol. The van der Waals surface area contributed by atoms with Gasteiger partial charge in [0.05, 0.1) is 5.92 Å². The van der Waals surface area contributed by atoms with E-state index in [-0.39, 0.29) is 11.8 Å². The Hall–Kier alpha value is -0.870. The molecule has 2 N–H and O–H groups in total. The lowest BCUT2D eigenvalue weighted by molar-refractivity contribution is -0.124. The molecular formula is C13H23N3O. The zero-order valence-corrected chi connectivity index (χ0v) is 10.7. The Morgan fingerprint density at radius 1 is 1.65 bits per heavy atom. The van der Waals surface area contributed by atoms with Crippen LogP contribution in [0.4, 0.5) is 0 Å². The first-order valence-corrected chi connectivity index (χ1v) is 6.60. The minimum atomic E-state index is 0.210. The summed E-state index contributed by atoms with van der Waals surface area (Å²) in [6.07, 6.45) is 5.39. The highest BCUT2D eigenvalue weighted by Crippen LogP contribution is 2.14. The smallest absolute Gasteiger partial charge is 0.224 e. The van der Waals surface area contributed by atoms with Crippen molar-refractivity contribution >= 4 is 5.91 Å². The maximum Gasteiger partial charge on any atom is 0.224 e. The highest BCUT2D eigenvalue weighted by atomic mass is 16.1. The van der Waals surface area contributed by atoms with Crippen LogP contribution in [-0.4, -0.2) is 50.6 Å². The molecule has 0 bridgehead atoms. The largest absolute Gasteiger partial charge is 0.356 e. The summed E-state index contributed by atoms with van der Waals surface area (Å²) in [5.74, 6) is 0.450. The zero-order valence-electron chi connectivity index (χ0n) is 10.7. The van der Waals surface area contributed by atoms with E-state index in [9.17, 15) is 4.79 Å². The van der Waals surface area contributed by atoms with Crippen molar-refractivity contribution in [3.05, 3.63) is 11.6 Å². The molecule has 0 spiro atoms. The Morgan fingerprint density at radius 3 is 3.18 bits per heavy atom. The first-order chi connectivity index (χ1) is 8.25. The summed E-state index contributed by atoms with van der Waals surface area (Å²) in [4.78, 5) is 14.1. The second kappa shape index (κ2) is 6.17. The summed E-state index contributed by atoms with van der Waals surface area (Å²) in [5, 5.41) is 6.36. The number of hydrogen-bond acceptors (Lipinski definition) is 3. The molecule has 4 nitrogen and oxygen atoms in total. The van der Waals surface area contributed by atoms with Crippen molar-refractivity contribution in [2.45, 2.75) is 19.3 Å². The van der Waals surface area contributed by atoms with Crippen LogP contribution in [0.5, 0.6) is 0 Å². The molecule has 2 heterocycles. The molecule has 2 aliphatic heterocycles. The van der Waals surface area contributed by atoms with Gasteiger partial charge in [-0.3, -0.25) is 4.79 Å². The van der Waals surface area contributed by atoms with Gasteiger partial charge in [0.1, 0.15) is 0 Å². The predicted octanol–water partition coefficient (Wildman–Crippen LogP) is 0.364. The lowest BCUT2D eigenvalue weighted by Crippen LogP contribution is -2.33. The van der Waals surface area contributed by atoms with Gasteiger partial charge in [-0.25, -0.2) is 0 Å². The van der Waals surface area contributed by atoms with Crippen molar-refractivity contribution < 1.29 is 4.79 Å². The van der Waals surface area contributed by atoms with E-state index in [1.165, 1.54) is 5.57 Å². The maximum atomic E-state index is 11.9. The van der Waals surface area contributed by atoms with E-state index in [0.717, 1.165) is 52.0 Å². The fourth-order valence-corrected chi connectivity index (χ4v) is 2.54. The minimum absolute atomic E-state index is 0.210. The number of rotatable bonds is 4. The Balaban J connectivity index is 1.64. The molecule has 0 aromatic heterocycles. The van der Waals surface area contributed by atoms with E-state index in [1.54, 1.807) is 0 Å². The average Bonchev–Trinajstić information content (AvgIpc) is 2.77. The van der Waals surface area contributed by atoms with E-state index in [0.29, 0.717) is 0 Å². The lowest BCUT2D eigenvalue weighted by atomic mass is 10.1. The van der Waals surface area contributed by atoms with Gasteiger partial charge in [-0.05, 0) is 39.4 Å². The van der Waals surface area contributed by atoms with E-state index >= 15 is 0 Å². The number of nitrogens with zero attached hydrogens (tertiary/aromatic N) is 1. The zero-order chi connectivity index (χ0) is 12.1. The standard InChI is InChI=1S/C13H23N3O/c1-16-9-5-12(10-16)13(17)15-8-4-11-2-6-14-7-3-11/h2,12,14H,3-10H2,1H3,(H,15,17). The van der Waals surface area contributed by atoms with Crippen LogP contribution in [0, 0.1) is 5.92 Å². The van der Waals surface area contributed by atoms with E-state index in [1.807, 2.05) is 0 Å². The molecular weight excluding hydrogens is 214 g/mol. The van der Waals surface area contributed by atoms with Crippen molar-refractivity contribution in [3.63, 3.8) is 0 Å². The van der Waals surface area contributed by atoms with Crippen LogP contribution in [0.2, 0.25) is 0 Å². The summed E-state index contributed by atoms with van der Waals surface area (Å²) in [6.45, 7) is 4.82. The van der Waals surface area contributed by atoms with Gasteiger partial charge in [-0.1, -0.05) is 11.6 Å². The van der Waals surface area contributed by atoms with Crippen molar-refractivity contribution in [1.82, 2.24) is 15.5 Å². The summed E-state index contributed by atoms with van der Waals surface area (Å²) < 4.78 is 0. The summed E-state index contributed by atoms with van der Waals surface area (Å²) in [5.41, 5.74) is 1.48. The van der Waals surface area contributed by atoms with E-state index in [4.69, 9.17) is 0 Å². The Kier molecular flexibility index (Phi) is 4.57. The topological polar surface area (TPSA) is 44.4 Å². The summed E-state index contributed by atoms with van der Waals surface area (Å²) in [7, 11) is 2.08. The highest BCUT2D eigenvalue weighted by molar-refractivity contribution is 5.79. The van der Waals surface area contributed by atoms with Crippen molar-refractivity contribution in [2.24, 2.45) is 5.92 Å². The third kappa shape index (κ3) is 3.82. The van der Waals surface area contributed by atoms with Crippen LogP contribution in [-0.2, 0) is 4.79 Å². The maximum absolute atomic E-state index is 11.9. The SMILES string of the molecule is CN1CCC(C(=O)NCCC2=CCNCC2)C1. The van der Waals surface area contributed by atoms with Crippen molar-refractivity contribution in [1.29, 1.82) is 0 Å². The number of nitrogens with one attached hydrogen (secondary N) is 2. The van der Waals surface area contributed by atoms with E-state index in [2.05, 4.69) is 28.7 Å². The number of amides is 1. The molecule has 0 aromatic carbocycles. The van der Waals surface area contributed by atoms with E-state index < -0.39 is 0 Å². The molecule has 1 fully saturated rings. The van der Waals surface area contributed by atoms with Gasteiger partial charge >= 0.3 is 0 Å². The quantitative estimate of drug-likeness (QED) is 0.694. The first kappa shape index (κ1) is 12.6. The van der Waals surface area contributed by atoms with Gasteiger partial charge < -0.3 is 15.5 Å². The molecule has 4 heteroatoms. The second-order valence-electron chi connectivity index (χ2n) is 5.11. The Morgan fingerprint density at radius 2 is 2.53 bits per heavy atom. The molecule has 0 saturated carbocycles. The summed E-state index contributed by atoms with van der Waals surface area (Å²) >= 11 is 0. The van der Waals surface area contributed by atoms with Crippen LogP contribution in [0.25, 0.3) is 0 Å². The highest BCUT2D eigenvalue weighted by Gasteiger charge is 2.25. The molecule has 2 rings (SSSR count). The summed E-state index contributed by atoms with van der Waals surface area (Å²) in [6, 6.07) is 0. The normalized spacial score (nSPS) is 25.7. The van der Waals surface area contributed by atoms with Gasteiger partial charge in [-0.15, -0.1) is 0 Å². The fourth-order valence-electron chi connectivity index (χ4n) is 2.54. The minimum Gasteiger partial charge on any atom is -0.356 e. The second-order valence-corrected chi connectivity index (χ2v) is 5.11. The van der Waals surface area contributed by atoms with Crippen LogP contribution in [0.3, 0.4) is 0 Å². The molecule has 17 heavy (non-hydrogen) atoms. The first-order valence-electron chi connectivity index (χ1n) is 6.60. The van der Waals surface area contributed by atoms with Crippen molar-refractivity contribution in [2.75, 3.05) is 39.8 Å². The number of hydrogen-bond donors (Lipinski definition) is 2. The third-order valence-corrected chi connectivity index (χ3v) is 3.67. The van der Waals surface area contributed by atoms with Crippen LogP contribution in [0.1, 0.15) is 19.3 Å². The molecule has 0 aromatic rings. The molecule has 1 amide bonds. The van der Waals surface area contributed by atoms with Gasteiger partial charge in [0, 0.05) is 19.6 Å². The molecule has 1 saturated heterocycles. The third-order valence-electron chi connectivity index (χ3n) is 3.67. The molecule has 1 atom stereocenters. The van der Waals surface area contributed by atoms with Crippen molar-refractivity contribution in [3.8, 4) is 0 Å². The van der Waals surface area contributed by atoms with Crippen LogP contribution >= 0.6 is 0 Å². The van der Waals surface area contributed by atoms with Gasteiger partial charge in [-0.2, -0.15) is 0 Å². The Bertz CT molecular complexity index is 301. The molecule has 96 valence electrons.